The van der Waals surface area contributed by atoms with E-state index in [1.54, 1.807) is 24.3 Å². The first-order valence-electron chi connectivity index (χ1n) is 7.94. The fourth-order valence-corrected chi connectivity index (χ4v) is 2.58. The Balaban J connectivity index is 1.73. The highest BCUT2D eigenvalue weighted by molar-refractivity contribution is 6.30. The van der Waals surface area contributed by atoms with Gasteiger partial charge in [-0.25, -0.2) is 9.18 Å². The second-order valence-corrected chi connectivity index (χ2v) is 6.20. The number of hydrogen-bond donors (Lipinski definition) is 2. The average molecular weight is 389 g/mol. The number of carbonyl (C=O) groups excluding carboxylic acids is 2. The lowest BCUT2D eigenvalue weighted by Crippen LogP contribution is -2.31. The molecule has 0 fully saturated rings. The summed E-state index contributed by atoms with van der Waals surface area (Å²) in [6, 6.07) is 12.0. The molecule has 0 aliphatic rings. The van der Waals surface area contributed by atoms with E-state index in [2.05, 4.69) is 10.3 Å². The van der Waals surface area contributed by atoms with Crippen LogP contribution >= 0.6 is 11.6 Å². The number of nitrogens with one attached hydrogen (secondary N) is 2. The summed E-state index contributed by atoms with van der Waals surface area (Å²) in [6.07, 6.45) is -1.22. The number of anilines is 1. The number of benzene rings is 2. The molecule has 0 aliphatic heterocycles. The molecule has 0 unspecified atom stereocenters. The number of pyridine rings is 1. The highest BCUT2D eigenvalue weighted by Crippen LogP contribution is 2.19. The van der Waals surface area contributed by atoms with Crippen LogP contribution in [0.3, 0.4) is 0 Å². The Labute approximate surface area is 157 Å². The molecule has 138 valence electrons. The predicted octanol–water partition coefficient (Wildman–Crippen LogP) is 3.50. The molecule has 1 atom stereocenters. The molecule has 0 spiro atoms. The summed E-state index contributed by atoms with van der Waals surface area (Å²) in [5.74, 6) is -2.32. The van der Waals surface area contributed by atoms with E-state index in [9.17, 15) is 18.8 Å². The van der Waals surface area contributed by atoms with Gasteiger partial charge in [0.2, 0.25) is 0 Å². The average Bonchev–Trinajstić information content (AvgIpc) is 2.63. The first-order chi connectivity index (χ1) is 12.8. The van der Waals surface area contributed by atoms with E-state index in [0.717, 1.165) is 6.07 Å². The number of ether oxygens (including phenoxy) is 1. The molecule has 0 saturated carbocycles. The quantitative estimate of drug-likeness (QED) is 0.669. The highest BCUT2D eigenvalue weighted by atomic mass is 35.5. The van der Waals surface area contributed by atoms with Gasteiger partial charge in [-0.1, -0.05) is 29.8 Å². The molecule has 2 aromatic carbocycles. The monoisotopic (exact) mass is 388 g/mol. The number of aromatic amines is 1. The predicted molar refractivity (Wildman–Crippen MR) is 99.5 cm³/mol. The molecule has 3 rings (SSSR count). The van der Waals surface area contributed by atoms with E-state index in [1.165, 1.54) is 25.1 Å². The van der Waals surface area contributed by atoms with Crippen molar-refractivity contribution in [3.05, 3.63) is 75.4 Å². The molecule has 1 amide bonds. The lowest BCUT2D eigenvalue weighted by molar-refractivity contribution is -0.123. The normalized spacial score (nSPS) is 11.8. The van der Waals surface area contributed by atoms with E-state index < -0.39 is 29.4 Å². The van der Waals surface area contributed by atoms with Crippen molar-refractivity contribution in [1.29, 1.82) is 0 Å². The van der Waals surface area contributed by atoms with Gasteiger partial charge < -0.3 is 15.0 Å². The Hall–Kier alpha value is -3.19. The summed E-state index contributed by atoms with van der Waals surface area (Å²) in [5.41, 5.74) is -0.622. The lowest BCUT2D eigenvalue weighted by Gasteiger charge is -2.14. The van der Waals surface area contributed by atoms with Gasteiger partial charge >= 0.3 is 5.97 Å². The van der Waals surface area contributed by atoms with E-state index >= 15 is 0 Å². The first kappa shape index (κ1) is 18.6. The van der Waals surface area contributed by atoms with Crippen LogP contribution in [-0.4, -0.2) is 23.0 Å². The number of rotatable bonds is 4. The Bertz CT molecular complexity index is 1100. The number of halogens is 2. The SMILES string of the molecule is C[C@@H](OC(=O)c1cc2ccccc2c(=O)[nH]1)C(=O)Nc1ccc(Cl)cc1F. The number of carbonyl (C=O) groups is 2. The third-order valence-electron chi connectivity index (χ3n) is 3.82. The van der Waals surface area contributed by atoms with Gasteiger partial charge in [-0.15, -0.1) is 0 Å². The summed E-state index contributed by atoms with van der Waals surface area (Å²) in [4.78, 5) is 38.8. The van der Waals surface area contributed by atoms with Crippen molar-refractivity contribution >= 4 is 39.9 Å². The molecule has 0 saturated heterocycles. The number of hydrogen-bond acceptors (Lipinski definition) is 4. The van der Waals surface area contributed by atoms with Crippen LogP contribution in [0, 0.1) is 5.82 Å². The topological polar surface area (TPSA) is 88.3 Å². The van der Waals surface area contributed by atoms with Crippen molar-refractivity contribution in [3.63, 3.8) is 0 Å². The Morgan fingerprint density at radius 1 is 1.19 bits per heavy atom. The molecule has 8 heteroatoms. The van der Waals surface area contributed by atoms with E-state index in [4.69, 9.17) is 16.3 Å². The number of fused-ring (bicyclic) bond motifs is 1. The van der Waals surface area contributed by atoms with E-state index in [0.29, 0.717) is 10.8 Å². The fraction of sp³-hybridized carbons (Fsp3) is 0.105. The number of H-pyrrole nitrogens is 1. The third kappa shape index (κ3) is 4.15. The first-order valence-corrected chi connectivity index (χ1v) is 8.32. The molecule has 6 nitrogen and oxygen atoms in total. The van der Waals surface area contributed by atoms with E-state index in [1.807, 2.05) is 0 Å². The second-order valence-electron chi connectivity index (χ2n) is 5.76. The summed E-state index contributed by atoms with van der Waals surface area (Å²) in [7, 11) is 0. The van der Waals surface area contributed by atoms with Crippen molar-refractivity contribution < 1.29 is 18.7 Å². The number of aromatic nitrogens is 1. The van der Waals surface area contributed by atoms with Crippen LogP contribution in [0.1, 0.15) is 17.4 Å². The molecule has 1 aromatic heterocycles. The molecule has 2 N–H and O–H groups in total. The van der Waals surface area contributed by atoms with Crippen LogP contribution in [0.4, 0.5) is 10.1 Å². The van der Waals surface area contributed by atoms with Crippen LogP contribution in [-0.2, 0) is 9.53 Å². The van der Waals surface area contributed by atoms with Crippen LogP contribution in [0.15, 0.2) is 53.3 Å². The summed E-state index contributed by atoms with van der Waals surface area (Å²) in [5, 5.41) is 3.49. The summed E-state index contributed by atoms with van der Waals surface area (Å²) < 4.78 is 18.8. The Morgan fingerprint density at radius 3 is 2.67 bits per heavy atom. The number of esters is 1. The van der Waals surface area contributed by atoms with Crippen molar-refractivity contribution in [3.8, 4) is 0 Å². The maximum Gasteiger partial charge on any atom is 0.355 e. The Kier molecular flexibility index (Phi) is 5.23. The van der Waals surface area contributed by atoms with Gasteiger partial charge in [0.15, 0.2) is 6.10 Å². The number of amides is 1. The van der Waals surface area contributed by atoms with Crippen molar-refractivity contribution in [2.75, 3.05) is 5.32 Å². The van der Waals surface area contributed by atoms with Crippen LogP contribution in [0.5, 0.6) is 0 Å². The van der Waals surface area contributed by atoms with Crippen molar-refractivity contribution in [1.82, 2.24) is 4.98 Å². The van der Waals surface area contributed by atoms with Gasteiger partial charge in [0.1, 0.15) is 11.5 Å². The second kappa shape index (κ2) is 7.59. The summed E-state index contributed by atoms with van der Waals surface area (Å²) >= 11 is 5.66. The molecule has 3 aromatic rings. The molecular weight excluding hydrogens is 375 g/mol. The van der Waals surface area contributed by atoms with Crippen LogP contribution in [0.25, 0.3) is 10.8 Å². The minimum atomic E-state index is -1.22. The molecule has 27 heavy (non-hydrogen) atoms. The Morgan fingerprint density at radius 2 is 1.93 bits per heavy atom. The van der Waals surface area contributed by atoms with Crippen molar-refractivity contribution in [2.24, 2.45) is 0 Å². The minimum Gasteiger partial charge on any atom is -0.448 e. The van der Waals surface area contributed by atoms with Crippen LogP contribution < -0.4 is 10.9 Å². The third-order valence-corrected chi connectivity index (χ3v) is 4.05. The van der Waals surface area contributed by atoms with Gasteiger partial charge in [-0.2, -0.15) is 0 Å². The molecule has 0 bridgehead atoms. The lowest BCUT2D eigenvalue weighted by atomic mass is 10.1. The molecular formula is C19H14ClFN2O4. The molecule has 1 heterocycles. The van der Waals surface area contributed by atoms with Gasteiger partial charge in [0.25, 0.3) is 11.5 Å². The van der Waals surface area contributed by atoms with Gasteiger partial charge in [0, 0.05) is 10.4 Å². The van der Waals surface area contributed by atoms with E-state index in [-0.39, 0.29) is 16.4 Å². The van der Waals surface area contributed by atoms with Gasteiger partial charge in [0.05, 0.1) is 5.69 Å². The molecule has 0 radical (unpaired) electrons. The zero-order chi connectivity index (χ0) is 19.6. The largest absolute Gasteiger partial charge is 0.448 e. The van der Waals surface area contributed by atoms with Crippen LogP contribution in [0.2, 0.25) is 5.02 Å². The standard InChI is InChI=1S/C19H14ClFN2O4/c1-10(17(24)22-15-7-6-12(20)9-14(15)21)27-19(26)16-8-11-4-2-3-5-13(11)18(25)23-16/h2-10H,1H3,(H,22,24)(H,23,25)/t10-/m1/s1. The zero-order valence-corrected chi connectivity index (χ0v) is 14.8. The van der Waals surface area contributed by atoms with Gasteiger partial charge in [-0.3, -0.25) is 9.59 Å². The maximum absolute atomic E-state index is 13.7. The summed E-state index contributed by atoms with van der Waals surface area (Å²) in [6.45, 7) is 1.33. The smallest absolute Gasteiger partial charge is 0.355 e. The maximum atomic E-state index is 13.7. The molecule has 0 aliphatic carbocycles. The van der Waals surface area contributed by atoms with Crippen molar-refractivity contribution in [2.45, 2.75) is 13.0 Å². The van der Waals surface area contributed by atoms with Gasteiger partial charge in [-0.05, 0) is 42.6 Å². The minimum absolute atomic E-state index is 0.0870. The highest BCUT2D eigenvalue weighted by Gasteiger charge is 2.21. The zero-order valence-electron chi connectivity index (χ0n) is 14.1. The fourth-order valence-electron chi connectivity index (χ4n) is 2.42.